The fourth-order valence-corrected chi connectivity index (χ4v) is 4.71. The molecule has 1 saturated heterocycles. The maximum Gasteiger partial charge on any atom is 0.511 e. The number of nitrogens with zero attached hydrogens (tertiary/aromatic N) is 1. The van der Waals surface area contributed by atoms with Crippen LogP contribution in [0.3, 0.4) is 0 Å². The predicted molar refractivity (Wildman–Crippen MR) is 126 cm³/mol. The number of pyridine rings is 1. The highest BCUT2D eigenvalue weighted by Crippen LogP contribution is 2.42. The van der Waals surface area contributed by atoms with Crippen LogP contribution in [0.5, 0.6) is 5.75 Å². The van der Waals surface area contributed by atoms with Gasteiger partial charge in [0.2, 0.25) is 12.2 Å². The lowest BCUT2D eigenvalue weighted by atomic mass is 9.71. The van der Waals surface area contributed by atoms with Crippen LogP contribution in [0.4, 0.5) is 13.6 Å². The minimum Gasteiger partial charge on any atom is -0.451 e. The second-order valence-electron chi connectivity index (χ2n) is 9.80. The summed E-state index contributed by atoms with van der Waals surface area (Å²) < 4.78 is 49.9. The average molecular weight is 532 g/mol. The molecule has 38 heavy (non-hydrogen) atoms. The normalized spacial score (nSPS) is 22.2. The zero-order chi connectivity index (χ0) is 27.0. The van der Waals surface area contributed by atoms with Crippen LogP contribution in [-0.4, -0.2) is 48.0 Å². The summed E-state index contributed by atoms with van der Waals surface area (Å²) in [5, 5.41) is 2.44. The van der Waals surface area contributed by atoms with Gasteiger partial charge in [0.1, 0.15) is 29.0 Å². The number of carbonyl (C=O) groups is 3. The monoisotopic (exact) mass is 532 g/mol. The number of ether oxygens (including phenoxy) is 4. The lowest BCUT2D eigenvalue weighted by Crippen LogP contribution is -2.52. The van der Waals surface area contributed by atoms with Crippen molar-refractivity contribution in [3.63, 3.8) is 0 Å². The van der Waals surface area contributed by atoms with Crippen molar-refractivity contribution in [2.45, 2.75) is 57.9 Å². The summed E-state index contributed by atoms with van der Waals surface area (Å²) in [4.78, 5) is 51.8. The Morgan fingerprint density at radius 1 is 1.24 bits per heavy atom. The molecular formula is C26H26F2N2O8. The van der Waals surface area contributed by atoms with E-state index < -0.39 is 53.2 Å². The SMILES string of the molecule is C[C@]12CCCO[C@H]1Cn1cc(C(=O)NCc3ccc(F)cc3F)c(=O)c(OCOC(=O)OC3CC3)c1C2=O. The van der Waals surface area contributed by atoms with E-state index in [0.29, 0.717) is 25.5 Å². The van der Waals surface area contributed by atoms with Crippen LogP contribution in [0.15, 0.2) is 29.2 Å². The lowest BCUT2D eigenvalue weighted by Gasteiger charge is -2.44. The number of benzene rings is 1. The van der Waals surface area contributed by atoms with Crippen molar-refractivity contribution in [3.05, 3.63) is 63.1 Å². The Hall–Kier alpha value is -3.80. The number of rotatable bonds is 7. The Balaban J connectivity index is 1.44. The second-order valence-corrected chi connectivity index (χ2v) is 9.80. The zero-order valence-corrected chi connectivity index (χ0v) is 20.6. The molecule has 2 aromatic rings. The number of Topliss-reactive ketones (excluding diaryl/α,β-unsaturated/α-hetero) is 1. The summed E-state index contributed by atoms with van der Waals surface area (Å²) in [6.45, 7) is 1.37. The third-order valence-electron chi connectivity index (χ3n) is 7.07. The fraction of sp³-hybridized carbons (Fsp3) is 0.462. The molecular weight excluding hydrogens is 506 g/mol. The van der Waals surface area contributed by atoms with Gasteiger partial charge in [0, 0.05) is 31.0 Å². The molecule has 2 fully saturated rings. The molecule has 2 atom stereocenters. The zero-order valence-electron chi connectivity index (χ0n) is 20.6. The van der Waals surface area contributed by atoms with E-state index in [1.807, 2.05) is 0 Å². The number of carbonyl (C=O) groups excluding carboxylic acids is 3. The average Bonchev–Trinajstić information content (AvgIpc) is 3.69. The first-order chi connectivity index (χ1) is 18.2. The van der Waals surface area contributed by atoms with E-state index in [1.54, 1.807) is 6.92 Å². The van der Waals surface area contributed by atoms with Crippen molar-refractivity contribution >= 4 is 17.8 Å². The molecule has 3 aliphatic rings. The van der Waals surface area contributed by atoms with Crippen LogP contribution in [0.25, 0.3) is 0 Å². The van der Waals surface area contributed by atoms with Crippen molar-refractivity contribution in [2.24, 2.45) is 5.41 Å². The smallest absolute Gasteiger partial charge is 0.451 e. The van der Waals surface area contributed by atoms with Gasteiger partial charge in [0.25, 0.3) is 5.91 Å². The Labute approximate surface area is 215 Å². The Morgan fingerprint density at radius 2 is 2.03 bits per heavy atom. The maximum atomic E-state index is 14.0. The van der Waals surface area contributed by atoms with Crippen LogP contribution in [0, 0.1) is 17.0 Å². The van der Waals surface area contributed by atoms with Gasteiger partial charge in [-0.25, -0.2) is 13.6 Å². The summed E-state index contributed by atoms with van der Waals surface area (Å²) >= 11 is 0. The van der Waals surface area contributed by atoms with Gasteiger partial charge in [-0.3, -0.25) is 14.4 Å². The highest BCUT2D eigenvalue weighted by molar-refractivity contribution is 6.03. The van der Waals surface area contributed by atoms with Crippen molar-refractivity contribution in [3.8, 4) is 5.75 Å². The third-order valence-corrected chi connectivity index (χ3v) is 7.07. The number of nitrogens with one attached hydrogen (secondary N) is 1. The molecule has 2 aliphatic heterocycles. The van der Waals surface area contributed by atoms with Gasteiger partial charge in [0.05, 0.1) is 18.1 Å². The van der Waals surface area contributed by atoms with E-state index in [4.69, 9.17) is 18.9 Å². The Bertz CT molecular complexity index is 1360. The highest BCUT2D eigenvalue weighted by atomic mass is 19.1. The highest BCUT2D eigenvalue weighted by Gasteiger charge is 2.50. The molecule has 12 heteroatoms. The summed E-state index contributed by atoms with van der Waals surface area (Å²) in [6, 6.07) is 2.91. The Morgan fingerprint density at radius 3 is 2.76 bits per heavy atom. The predicted octanol–water partition coefficient (Wildman–Crippen LogP) is 3.09. The van der Waals surface area contributed by atoms with Gasteiger partial charge in [0.15, 0.2) is 11.5 Å². The van der Waals surface area contributed by atoms with Gasteiger partial charge in [-0.1, -0.05) is 6.07 Å². The minimum absolute atomic E-state index is 0.0124. The van der Waals surface area contributed by atoms with E-state index in [9.17, 15) is 28.0 Å². The van der Waals surface area contributed by atoms with Crippen LogP contribution >= 0.6 is 0 Å². The van der Waals surface area contributed by atoms with Crippen molar-refractivity contribution < 1.29 is 42.1 Å². The van der Waals surface area contributed by atoms with E-state index in [0.717, 1.165) is 18.9 Å². The van der Waals surface area contributed by atoms with E-state index in [-0.39, 0.29) is 41.8 Å². The number of fused-ring (bicyclic) bond motifs is 2. The number of aromatic nitrogens is 1. The summed E-state index contributed by atoms with van der Waals surface area (Å²) in [5.41, 5.74) is -2.23. The third kappa shape index (κ3) is 5.00. The first kappa shape index (κ1) is 25.8. The molecule has 1 aromatic carbocycles. The van der Waals surface area contributed by atoms with E-state index in [1.165, 1.54) is 16.8 Å². The molecule has 0 radical (unpaired) electrons. The molecule has 1 aromatic heterocycles. The van der Waals surface area contributed by atoms with Crippen molar-refractivity contribution in [1.82, 2.24) is 9.88 Å². The molecule has 10 nitrogen and oxygen atoms in total. The summed E-state index contributed by atoms with van der Waals surface area (Å²) in [6.07, 6.45) is 2.24. The quantitative estimate of drug-likeness (QED) is 0.427. The molecule has 0 spiro atoms. The van der Waals surface area contributed by atoms with Crippen LogP contribution in [0.1, 0.15) is 59.0 Å². The summed E-state index contributed by atoms with van der Waals surface area (Å²) in [5.74, 6) is -3.32. The van der Waals surface area contributed by atoms with Gasteiger partial charge in [-0.05, 0) is 38.7 Å². The number of hydrogen-bond acceptors (Lipinski definition) is 8. The molecule has 1 amide bonds. The molecule has 1 N–H and O–H groups in total. The first-order valence-electron chi connectivity index (χ1n) is 12.3. The second kappa shape index (κ2) is 10.2. The number of halogens is 2. The molecule has 3 heterocycles. The largest absolute Gasteiger partial charge is 0.511 e. The van der Waals surface area contributed by atoms with E-state index in [2.05, 4.69) is 5.32 Å². The number of hydrogen-bond donors (Lipinski definition) is 1. The number of amides is 1. The topological polar surface area (TPSA) is 122 Å². The van der Waals surface area contributed by atoms with Gasteiger partial charge < -0.3 is 28.8 Å². The van der Waals surface area contributed by atoms with Gasteiger partial charge in [-0.15, -0.1) is 0 Å². The molecule has 5 rings (SSSR count). The minimum atomic E-state index is -0.976. The van der Waals surface area contributed by atoms with Crippen molar-refractivity contribution in [2.75, 3.05) is 13.4 Å². The fourth-order valence-electron chi connectivity index (χ4n) is 4.71. The lowest BCUT2D eigenvalue weighted by molar-refractivity contribution is -0.0743. The first-order valence-corrected chi connectivity index (χ1v) is 12.3. The molecule has 1 saturated carbocycles. The van der Waals surface area contributed by atoms with Crippen LogP contribution in [0.2, 0.25) is 0 Å². The van der Waals surface area contributed by atoms with Crippen LogP contribution in [-0.2, 0) is 27.3 Å². The standard InChI is InChI=1S/C26H26F2N2O8/c1-26-7-2-8-35-19(26)12-30-11-17(24(33)29-10-14-3-4-15(27)9-18(14)28)21(31)22(20(30)23(26)32)36-13-37-25(34)38-16-5-6-16/h3-4,9,11,16,19H,2,5-8,10,12-13H2,1H3,(H,29,33)/t19-,26-/m0/s1. The molecule has 1 aliphatic carbocycles. The van der Waals surface area contributed by atoms with Crippen molar-refractivity contribution in [1.29, 1.82) is 0 Å². The van der Waals surface area contributed by atoms with Gasteiger partial charge >= 0.3 is 6.16 Å². The Kier molecular flexibility index (Phi) is 6.91. The van der Waals surface area contributed by atoms with E-state index >= 15 is 0 Å². The van der Waals surface area contributed by atoms with Crippen LogP contribution < -0.4 is 15.5 Å². The maximum absolute atomic E-state index is 14.0. The molecule has 0 unspecified atom stereocenters. The molecule has 0 bridgehead atoms. The number of ketones is 1. The summed E-state index contributed by atoms with van der Waals surface area (Å²) in [7, 11) is 0. The van der Waals surface area contributed by atoms with Gasteiger partial charge in [-0.2, -0.15) is 0 Å². The molecule has 202 valence electrons.